The molecule has 0 aliphatic heterocycles. The van der Waals surface area contributed by atoms with Crippen molar-refractivity contribution in [2.24, 2.45) is 0 Å². The van der Waals surface area contributed by atoms with Crippen molar-refractivity contribution in [3.63, 3.8) is 0 Å². The second-order valence-corrected chi connectivity index (χ2v) is 6.63. The van der Waals surface area contributed by atoms with Gasteiger partial charge in [0, 0.05) is 13.1 Å². The molecular formula is C22H28N2O6. The maximum Gasteiger partial charge on any atom is 0.336 e. The topological polar surface area (TPSA) is 133 Å². The Labute approximate surface area is 175 Å². The van der Waals surface area contributed by atoms with Crippen LogP contribution in [0.25, 0.3) is 0 Å². The van der Waals surface area contributed by atoms with E-state index in [1.165, 1.54) is 0 Å². The number of nitrogens with one attached hydrogen (secondary N) is 2. The molecule has 8 heteroatoms. The SMILES string of the molecule is C=CCCCCNC(=O)c1cc(C(=O)NCCCCC=C)c(C(=O)O)cc1C(=O)O. The Bertz CT molecular complexity index is 753. The van der Waals surface area contributed by atoms with Crippen molar-refractivity contribution in [2.45, 2.75) is 38.5 Å². The van der Waals surface area contributed by atoms with E-state index in [1.807, 2.05) is 0 Å². The van der Waals surface area contributed by atoms with Gasteiger partial charge in [0.1, 0.15) is 0 Å². The smallest absolute Gasteiger partial charge is 0.336 e. The summed E-state index contributed by atoms with van der Waals surface area (Å²) in [5.41, 5.74) is -1.46. The number of unbranched alkanes of at least 4 members (excludes halogenated alkanes) is 4. The molecule has 1 aromatic rings. The number of hydrogen-bond acceptors (Lipinski definition) is 4. The first-order valence-corrected chi connectivity index (χ1v) is 9.76. The number of rotatable bonds is 14. The van der Waals surface area contributed by atoms with Crippen LogP contribution < -0.4 is 10.6 Å². The third kappa shape index (κ3) is 7.54. The summed E-state index contributed by atoms with van der Waals surface area (Å²) < 4.78 is 0. The Morgan fingerprint density at radius 1 is 0.700 bits per heavy atom. The lowest BCUT2D eigenvalue weighted by atomic mass is 9.96. The Morgan fingerprint density at radius 2 is 1.07 bits per heavy atom. The van der Waals surface area contributed by atoms with E-state index in [0.29, 0.717) is 25.9 Å². The molecule has 0 aliphatic carbocycles. The fourth-order valence-electron chi connectivity index (χ4n) is 2.75. The van der Waals surface area contributed by atoms with Crippen LogP contribution in [0.2, 0.25) is 0 Å². The quantitative estimate of drug-likeness (QED) is 0.272. The third-order valence-corrected chi connectivity index (χ3v) is 4.35. The standard InChI is InChI=1S/C22H28N2O6/c1-3-5-7-9-11-23-19(25)15-13-16(20(26)24-12-10-8-6-4-2)18(22(29)30)14-17(15)21(27)28/h3-4,13-14H,1-2,5-12H2,(H,23,25)(H,24,26)(H,27,28)(H,29,30). The average molecular weight is 416 g/mol. The van der Waals surface area contributed by atoms with Crippen LogP contribution in [0, 0.1) is 0 Å². The van der Waals surface area contributed by atoms with Crippen molar-refractivity contribution < 1.29 is 29.4 Å². The van der Waals surface area contributed by atoms with Gasteiger partial charge in [-0.2, -0.15) is 0 Å². The van der Waals surface area contributed by atoms with Gasteiger partial charge in [-0.25, -0.2) is 9.59 Å². The maximum atomic E-state index is 12.5. The number of carbonyl (C=O) groups excluding carboxylic acids is 2. The maximum absolute atomic E-state index is 12.5. The van der Waals surface area contributed by atoms with Crippen LogP contribution in [-0.2, 0) is 0 Å². The van der Waals surface area contributed by atoms with Crippen molar-refractivity contribution in [1.82, 2.24) is 10.6 Å². The van der Waals surface area contributed by atoms with Crippen LogP contribution in [0.15, 0.2) is 37.4 Å². The first-order chi connectivity index (χ1) is 14.3. The zero-order valence-corrected chi connectivity index (χ0v) is 16.9. The van der Waals surface area contributed by atoms with Gasteiger partial charge < -0.3 is 20.8 Å². The summed E-state index contributed by atoms with van der Waals surface area (Å²) >= 11 is 0. The molecule has 1 aromatic carbocycles. The molecule has 162 valence electrons. The molecule has 0 saturated heterocycles. The highest BCUT2D eigenvalue weighted by Crippen LogP contribution is 2.19. The van der Waals surface area contributed by atoms with Crippen LogP contribution in [0.3, 0.4) is 0 Å². The second-order valence-electron chi connectivity index (χ2n) is 6.63. The predicted octanol–water partition coefficient (Wildman–Crippen LogP) is 3.26. The second kappa shape index (κ2) is 12.9. The van der Waals surface area contributed by atoms with E-state index in [1.54, 1.807) is 12.2 Å². The average Bonchev–Trinajstić information content (AvgIpc) is 2.71. The molecule has 2 amide bonds. The van der Waals surface area contributed by atoms with Crippen molar-refractivity contribution in [1.29, 1.82) is 0 Å². The molecule has 0 saturated carbocycles. The highest BCUT2D eigenvalue weighted by atomic mass is 16.4. The van der Waals surface area contributed by atoms with Gasteiger partial charge in [0.25, 0.3) is 11.8 Å². The molecular weight excluding hydrogens is 388 g/mol. The van der Waals surface area contributed by atoms with E-state index < -0.39 is 34.9 Å². The Morgan fingerprint density at radius 3 is 1.40 bits per heavy atom. The van der Waals surface area contributed by atoms with Crippen LogP contribution >= 0.6 is 0 Å². The normalized spacial score (nSPS) is 10.1. The number of hydrogen-bond donors (Lipinski definition) is 4. The van der Waals surface area contributed by atoms with Gasteiger partial charge >= 0.3 is 11.9 Å². The number of benzene rings is 1. The first-order valence-electron chi connectivity index (χ1n) is 9.76. The number of carbonyl (C=O) groups is 4. The molecule has 0 aromatic heterocycles. The predicted molar refractivity (Wildman–Crippen MR) is 113 cm³/mol. The Hall–Kier alpha value is -3.42. The summed E-state index contributed by atoms with van der Waals surface area (Å²) in [6, 6.07) is 1.88. The minimum Gasteiger partial charge on any atom is -0.478 e. The van der Waals surface area contributed by atoms with Crippen molar-refractivity contribution in [2.75, 3.05) is 13.1 Å². The van der Waals surface area contributed by atoms with E-state index in [-0.39, 0.29) is 11.1 Å². The molecule has 0 fully saturated rings. The van der Waals surface area contributed by atoms with Crippen molar-refractivity contribution in [3.05, 3.63) is 59.7 Å². The lowest BCUT2D eigenvalue weighted by Crippen LogP contribution is -2.30. The van der Waals surface area contributed by atoms with E-state index >= 15 is 0 Å². The fraction of sp³-hybridized carbons (Fsp3) is 0.364. The Balaban J connectivity index is 3.10. The summed E-state index contributed by atoms with van der Waals surface area (Å²) in [6.45, 7) is 7.86. The Kier molecular flexibility index (Phi) is 10.6. The zero-order chi connectivity index (χ0) is 22.5. The third-order valence-electron chi connectivity index (χ3n) is 4.35. The highest BCUT2D eigenvalue weighted by molar-refractivity contribution is 6.11. The highest BCUT2D eigenvalue weighted by Gasteiger charge is 2.25. The minimum absolute atomic E-state index is 0.256. The van der Waals surface area contributed by atoms with E-state index in [9.17, 15) is 29.4 Å². The number of carboxylic acid groups (broad SMARTS) is 2. The van der Waals surface area contributed by atoms with Gasteiger partial charge in [0.15, 0.2) is 0 Å². The molecule has 0 spiro atoms. The molecule has 30 heavy (non-hydrogen) atoms. The minimum atomic E-state index is -1.45. The number of carboxylic acids is 2. The summed E-state index contributed by atoms with van der Waals surface area (Å²) in [6.07, 6.45) is 8.08. The molecule has 4 N–H and O–H groups in total. The molecule has 0 bridgehead atoms. The van der Waals surface area contributed by atoms with E-state index in [0.717, 1.165) is 37.8 Å². The van der Waals surface area contributed by atoms with Gasteiger partial charge in [0.2, 0.25) is 0 Å². The molecule has 0 radical (unpaired) electrons. The molecule has 0 atom stereocenters. The van der Waals surface area contributed by atoms with Gasteiger partial charge in [-0.05, 0) is 50.7 Å². The molecule has 8 nitrogen and oxygen atoms in total. The van der Waals surface area contributed by atoms with Crippen LogP contribution in [0.4, 0.5) is 0 Å². The summed E-state index contributed by atoms with van der Waals surface area (Å²) in [5, 5.41) is 24.1. The summed E-state index contributed by atoms with van der Waals surface area (Å²) in [7, 11) is 0. The van der Waals surface area contributed by atoms with Gasteiger partial charge in [0.05, 0.1) is 22.3 Å². The largest absolute Gasteiger partial charge is 0.478 e. The zero-order valence-electron chi connectivity index (χ0n) is 16.9. The van der Waals surface area contributed by atoms with E-state index in [4.69, 9.17) is 0 Å². The molecule has 0 aliphatic rings. The van der Waals surface area contributed by atoms with Crippen LogP contribution in [-0.4, -0.2) is 47.1 Å². The van der Waals surface area contributed by atoms with Crippen LogP contribution in [0.1, 0.15) is 80.0 Å². The van der Waals surface area contributed by atoms with Gasteiger partial charge in [-0.15, -0.1) is 13.2 Å². The van der Waals surface area contributed by atoms with Crippen LogP contribution in [0.5, 0.6) is 0 Å². The van der Waals surface area contributed by atoms with Crippen molar-refractivity contribution >= 4 is 23.8 Å². The molecule has 0 heterocycles. The molecule has 0 unspecified atom stereocenters. The number of aromatic carboxylic acids is 2. The number of allylic oxidation sites excluding steroid dienone is 2. The summed E-state index contributed by atoms with van der Waals surface area (Å²) in [5.74, 6) is -4.26. The molecule has 1 rings (SSSR count). The van der Waals surface area contributed by atoms with Crippen molar-refractivity contribution in [3.8, 4) is 0 Å². The lowest BCUT2D eigenvalue weighted by Gasteiger charge is -2.13. The fourth-order valence-corrected chi connectivity index (χ4v) is 2.75. The first kappa shape index (κ1) is 24.6. The van der Waals surface area contributed by atoms with E-state index in [2.05, 4.69) is 23.8 Å². The van der Waals surface area contributed by atoms with Gasteiger partial charge in [-0.1, -0.05) is 12.2 Å². The number of amides is 2. The monoisotopic (exact) mass is 416 g/mol. The summed E-state index contributed by atoms with van der Waals surface area (Å²) in [4.78, 5) is 48.2. The lowest BCUT2D eigenvalue weighted by molar-refractivity contribution is 0.0687. The van der Waals surface area contributed by atoms with Gasteiger partial charge in [-0.3, -0.25) is 9.59 Å².